The van der Waals surface area contributed by atoms with Gasteiger partial charge in [0.2, 0.25) is 0 Å². The molecule has 0 spiro atoms. The number of nitrogens with one attached hydrogen (secondary N) is 1. The second-order valence-corrected chi connectivity index (χ2v) is 6.06. The summed E-state index contributed by atoms with van der Waals surface area (Å²) in [5.41, 5.74) is 0. The van der Waals surface area contributed by atoms with E-state index in [4.69, 9.17) is 4.42 Å². The Morgan fingerprint density at radius 3 is 2.79 bits per heavy atom. The Hall–Kier alpha value is -1.10. The number of nitrogens with zero attached hydrogens (tertiary/aromatic N) is 1. The second kappa shape index (κ2) is 5.90. The van der Waals surface area contributed by atoms with Crippen LogP contribution in [-0.2, 0) is 6.42 Å². The summed E-state index contributed by atoms with van der Waals surface area (Å²) in [6.45, 7) is 6.48. The maximum atomic E-state index is 5.69. The summed E-state index contributed by atoms with van der Waals surface area (Å²) in [7, 11) is 0. The van der Waals surface area contributed by atoms with Crippen LogP contribution in [0.2, 0.25) is 0 Å². The van der Waals surface area contributed by atoms with Crippen molar-refractivity contribution in [3.8, 4) is 0 Å². The van der Waals surface area contributed by atoms with Gasteiger partial charge in [-0.2, -0.15) is 0 Å². The Balaban J connectivity index is 1.91. The molecule has 1 unspecified atom stereocenters. The lowest BCUT2D eigenvalue weighted by atomic mass is 10.1. The molecule has 1 N–H and O–H groups in total. The number of aryl methyl sites for hydroxylation is 1. The highest BCUT2D eigenvalue weighted by Crippen LogP contribution is 2.34. The monoisotopic (exact) mass is 276 g/mol. The molecule has 3 rings (SSSR count). The van der Waals surface area contributed by atoms with E-state index in [-0.39, 0.29) is 6.04 Å². The summed E-state index contributed by atoms with van der Waals surface area (Å²) >= 11 is 1.91. The number of hydrogen-bond acceptors (Lipinski definition) is 4. The van der Waals surface area contributed by atoms with Gasteiger partial charge in [-0.1, -0.05) is 6.92 Å². The van der Waals surface area contributed by atoms with E-state index >= 15 is 0 Å². The topological polar surface area (TPSA) is 28.4 Å². The third-order valence-electron chi connectivity index (χ3n) is 3.63. The predicted molar refractivity (Wildman–Crippen MR) is 78.7 cm³/mol. The molecule has 0 aliphatic carbocycles. The average molecular weight is 276 g/mol. The number of rotatable bonds is 4. The molecule has 4 heteroatoms. The van der Waals surface area contributed by atoms with E-state index < -0.39 is 0 Å². The Morgan fingerprint density at radius 1 is 1.32 bits per heavy atom. The molecule has 2 aromatic rings. The van der Waals surface area contributed by atoms with Gasteiger partial charge in [-0.05, 0) is 30.7 Å². The number of hydrogen-bond donors (Lipinski definition) is 1. The highest BCUT2D eigenvalue weighted by atomic mass is 32.1. The Kier molecular flexibility index (Phi) is 4.01. The third kappa shape index (κ3) is 2.76. The highest BCUT2D eigenvalue weighted by molar-refractivity contribution is 7.12. The first kappa shape index (κ1) is 12.9. The van der Waals surface area contributed by atoms with Gasteiger partial charge in [-0.15, -0.1) is 11.3 Å². The minimum absolute atomic E-state index is 0.280. The molecule has 1 atom stereocenters. The molecule has 0 amide bonds. The number of piperazine rings is 1. The van der Waals surface area contributed by atoms with Crippen LogP contribution in [0.4, 0.5) is 0 Å². The zero-order valence-corrected chi connectivity index (χ0v) is 12.1. The van der Waals surface area contributed by atoms with E-state index in [1.165, 1.54) is 9.75 Å². The highest BCUT2D eigenvalue weighted by Gasteiger charge is 2.27. The molecule has 1 aliphatic rings. The first-order valence-electron chi connectivity index (χ1n) is 6.95. The molecule has 1 saturated heterocycles. The van der Waals surface area contributed by atoms with Crippen LogP contribution in [0.15, 0.2) is 34.9 Å². The van der Waals surface area contributed by atoms with Crippen molar-refractivity contribution in [1.82, 2.24) is 10.2 Å². The Labute approximate surface area is 118 Å². The minimum Gasteiger partial charge on any atom is -0.467 e. The van der Waals surface area contributed by atoms with E-state index in [0.29, 0.717) is 0 Å². The van der Waals surface area contributed by atoms with Gasteiger partial charge in [0.1, 0.15) is 11.8 Å². The van der Waals surface area contributed by atoms with Crippen molar-refractivity contribution in [1.29, 1.82) is 0 Å². The van der Waals surface area contributed by atoms with Gasteiger partial charge in [0, 0.05) is 35.9 Å². The molecule has 19 heavy (non-hydrogen) atoms. The largest absolute Gasteiger partial charge is 0.467 e. The molecule has 2 aromatic heterocycles. The quantitative estimate of drug-likeness (QED) is 0.931. The summed E-state index contributed by atoms with van der Waals surface area (Å²) in [4.78, 5) is 5.36. The second-order valence-electron chi connectivity index (χ2n) is 4.86. The van der Waals surface area contributed by atoms with Gasteiger partial charge in [0.15, 0.2) is 0 Å². The van der Waals surface area contributed by atoms with E-state index in [2.05, 4.69) is 35.3 Å². The molecule has 3 heterocycles. The lowest BCUT2D eigenvalue weighted by Crippen LogP contribution is -2.45. The number of thiophene rings is 1. The lowest BCUT2D eigenvalue weighted by Gasteiger charge is -2.33. The van der Waals surface area contributed by atoms with Crippen molar-refractivity contribution in [3.63, 3.8) is 0 Å². The molecule has 0 bridgehead atoms. The normalized spacial score (nSPS) is 18.6. The summed E-state index contributed by atoms with van der Waals surface area (Å²) < 4.78 is 5.69. The van der Waals surface area contributed by atoms with Crippen molar-refractivity contribution in [2.75, 3.05) is 26.2 Å². The zero-order valence-electron chi connectivity index (χ0n) is 11.3. The number of furan rings is 1. The minimum atomic E-state index is 0.280. The van der Waals surface area contributed by atoms with Crippen LogP contribution in [0.25, 0.3) is 0 Å². The van der Waals surface area contributed by atoms with Crippen molar-refractivity contribution < 1.29 is 4.42 Å². The van der Waals surface area contributed by atoms with Crippen LogP contribution < -0.4 is 5.32 Å². The maximum absolute atomic E-state index is 5.69. The van der Waals surface area contributed by atoms with Crippen LogP contribution in [0.1, 0.15) is 28.5 Å². The first-order chi connectivity index (χ1) is 9.38. The molecular formula is C15H20N2OS. The summed E-state index contributed by atoms with van der Waals surface area (Å²) in [5.74, 6) is 1.06. The van der Waals surface area contributed by atoms with Gasteiger partial charge in [0.25, 0.3) is 0 Å². The molecular weight excluding hydrogens is 256 g/mol. The van der Waals surface area contributed by atoms with Gasteiger partial charge in [-0.25, -0.2) is 0 Å². The van der Waals surface area contributed by atoms with Crippen LogP contribution in [-0.4, -0.2) is 31.1 Å². The van der Waals surface area contributed by atoms with Crippen molar-refractivity contribution in [2.45, 2.75) is 19.4 Å². The maximum Gasteiger partial charge on any atom is 0.126 e. The van der Waals surface area contributed by atoms with Crippen LogP contribution in [0.3, 0.4) is 0 Å². The standard InChI is InChI=1S/C15H20N2OS/c1-2-12-5-6-14(19-12)15(13-4-3-11-18-13)17-9-7-16-8-10-17/h3-6,11,15-16H,2,7-10H2,1H3. The summed E-state index contributed by atoms with van der Waals surface area (Å²) in [6.07, 6.45) is 2.88. The molecule has 0 aromatic carbocycles. The zero-order chi connectivity index (χ0) is 13.1. The van der Waals surface area contributed by atoms with E-state index in [0.717, 1.165) is 38.4 Å². The smallest absolute Gasteiger partial charge is 0.126 e. The van der Waals surface area contributed by atoms with Crippen LogP contribution in [0.5, 0.6) is 0 Å². The Bertz CT molecular complexity index is 500. The first-order valence-corrected chi connectivity index (χ1v) is 7.77. The van der Waals surface area contributed by atoms with Gasteiger partial charge in [-0.3, -0.25) is 4.90 Å². The predicted octanol–water partition coefficient (Wildman–Crippen LogP) is 2.90. The molecule has 1 aliphatic heterocycles. The van der Waals surface area contributed by atoms with Crippen molar-refractivity contribution in [3.05, 3.63) is 46.0 Å². The molecule has 1 fully saturated rings. The average Bonchev–Trinajstić information content (AvgIpc) is 3.12. The SMILES string of the molecule is CCc1ccc(C(c2ccco2)N2CCNCC2)s1. The fourth-order valence-electron chi connectivity index (χ4n) is 2.62. The van der Waals surface area contributed by atoms with Gasteiger partial charge in [0.05, 0.1) is 6.26 Å². The molecule has 0 saturated carbocycles. The van der Waals surface area contributed by atoms with Crippen molar-refractivity contribution in [2.24, 2.45) is 0 Å². The Morgan fingerprint density at radius 2 is 2.16 bits per heavy atom. The van der Waals surface area contributed by atoms with Crippen LogP contribution >= 0.6 is 11.3 Å². The fraction of sp³-hybridized carbons (Fsp3) is 0.467. The lowest BCUT2D eigenvalue weighted by molar-refractivity contribution is 0.182. The van der Waals surface area contributed by atoms with Crippen LogP contribution in [0, 0.1) is 0 Å². The third-order valence-corrected chi connectivity index (χ3v) is 4.91. The summed E-state index contributed by atoms with van der Waals surface area (Å²) in [5, 5.41) is 3.41. The molecule has 3 nitrogen and oxygen atoms in total. The van der Waals surface area contributed by atoms with Gasteiger partial charge < -0.3 is 9.73 Å². The van der Waals surface area contributed by atoms with E-state index in [1.807, 2.05) is 17.4 Å². The molecule has 0 radical (unpaired) electrons. The van der Waals surface area contributed by atoms with E-state index in [1.54, 1.807) is 6.26 Å². The van der Waals surface area contributed by atoms with Gasteiger partial charge >= 0.3 is 0 Å². The van der Waals surface area contributed by atoms with E-state index in [9.17, 15) is 0 Å². The molecule has 102 valence electrons. The van der Waals surface area contributed by atoms with Crippen molar-refractivity contribution >= 4 is 11.3 Å². The fourth-order valence-corrected chi connectivity index (χ4v) is 3.71. The summed E-state index contributed by atoms with van der Waals surface area (Å²) in [6, 6.07) is 8.87.